The highest BCUT2D eigenvalue weighted by Crippen LogP contribution is 2.38. The van der Waals surface area contributed by atoms with Crippen molar-refractivity contribution in [1.29, 1.82) is 0 Å². The van der Waals surface area contributed by atoms with Crippen LogP contribution in [0.1, 0.15) is 42.4 Å². The fourth-order valence-electron chi connectivity index (χ4n) is 5.55. The van der Waals surface area contributed by atoms with Gasteiger partial charge in [-0.2, -0.15) is 0 Å². The number of phenolic OH excluding ortho intramolecular Hbond substituents is 1. The molecule has 0 spiro atoms. The summed E-state index contributed by atoms with van der Waals surface area (Å²) in [6.07, 6.45) is 1.51. The summed E-state index contributed by atoms with van der Waals surface area (Å²) in [7, 11) is 0. The Kier molecular flexibility index (Phi) is 7.67. The van der Waals surface area contributed by atoms with E-state index < -0.39 is 5.97 Å². The minimum Gasteiger partial charge on any atom is -0.505 e. The SMILES string of the molecule is CCN1CC(C2=N/C(=N/Nc3cccc(C4CCN(CC(=O)O)CC4)c3O)C(=O)N2c2ccc(C)c(C)c2)C1. The average Bonchev–Trinajstić information content (AvgIpc) is 3.20. The maximum absolute atomic E-state index is 13.6. The first-order valence-electron chi connectivity index (χ1n) is 13.6. The molecule has 0 aromatic heterocycles. The van der Waals surface area contributed by atoms with E-state index in [4.69, 9.17) is 5.11 Å². The number of aliphatic carboxylic acids is 1. The maximum Gasteiger partial charge on any atom is 0.317 e. The number of aryl methyl sites for hydroxylation is 2. The van der Waals surface area contributed by atoms with E-state index in [2.05, 4.69) is 27.3 Å². The van der Waals surface area contributed by atoms with Gasteiger partial charge in [0.1, 0.15) is 11.6 Å². The van der Waals surface area contributed by atoms with E-state index in [-0.39, 0.29) is 35.9 Å². The second kappa shape index (κ2) is 11.2. The van der Waals surface area contributed by atoms with Crippen LogP contribution in [0.3, 0.4) is 0 Å². The number of aromatic hydroxyl groups is 1. The molecule has 2 aromatic rings. The van der Waals surface area contributed by atoms with Crippen LogP contribution in [0.5, 0.6) is 5.75 Å². The lowest BCUT2D eigenvalue weighted by molar-refractivity contribution is -0.138. The van der Waals surface area contributed by atoms with Crippen molar-refractivity contribution in [1.82, 2.24) is 9.80 Å². The number of aliphatic imine (C=N–C) groups is 1. The summed E-state index contributed by atoms with van der Waals surface area (Å²) in [5, 5.41) is 24.4. The molecule has 0 aliphatic carbocycles. The molecule has 39 heavy (non-hydrogen) atoms. The van der Waals surface area contributed by atoms with E-state index in [9.17, 15) is 14.7 Å². The molecule has 3 heterocycles. The number of phenols is 1. The minimum absolute atomic E-state index is 0.0326. The van der Waals surface area contributed by atoms with Crippen LogP contribution in [0.15, 0.2) is 46.5 Å². The van der Waals surface area contributed by atoms with Gasteiger partial charge in [0, 0.05) is 19.0 Å². The minimum atomic E-state index is -0.829. The molecule has 2 fully saturated rings. The highest BCUT2D eigenvalue weighted by Gasteiger charge is 2.41. The molecular weight excluding hydrogens is 496 g/mol. The van der Waals surface area contributed by atoms with Gasteiger partial charge in [0.2, 0.25) is 5.84 Å². The molecule has 2 saturated heterocycles. The number of carboxylic acid groups (broad SMARTS) is 1. The largest absolute Gasteiger partial charge is 0.505 e. The Bertz CT molecular complexity index is 1330. The molecule has 3 aliphatic rings. The van der Waals surface area contributed by atoms with Crippen LogP contribution in [-0.2, 0) is 9.59 Å². The molecule has 0 saturated carbocycles. The number of nitrogens with zero attached hydrogens (tertiary/aromatic N) is 5. The number of para-hydroxylation sites is 1. The van der Waals surface area contributed by atoms with E-state index in [0.29, 0.717) is 24.6 Å². The van der Waals surface area contributed by atoms with Crippen LogP contribution in [0.25, 0.3) is 0 Å². The predicted octanol–water partition coefficient (Wildman–Crippen LogP) is 3.40. The molecule has 2 aromatic carbocycles. The quantitative estimate of drug-likeness (QED) is 0.352. The summed E-state index contributed by atoms with van der Waals surface area (Å²) in [4.78, 5) is 35.1. The van der Waals surface area contributed by atoms with Gasteiger partial charge in [0.05, 0.1) is 17.9 Å². The number of benzene rings is 2. The fourth-order valence-corrected chi connectivity index (χ4v) is 5.55. The maximum atomic E-state index is 13.6. The van der Waals surface area contributed by atoms with Gasteiger partial charge in [-0.05, 0) is 87.1 Å². The summed E-state index contributed by atoms with van der Waals surface area (Å²) >= 11 is 0. The van der Waals surface area contributed by atoms with Gasteiger partial charge in [-0.3, -0.25) is 24.8 Å². The zero-order chi connectivity index (χ0) is 27.7. The van der Waals surface area contributed by atoms with Crippen molar-refractivity contribution in [2.75, 3.05) is 49.6 Å². The lowest BCUT2D eigenvalue weighted by Gasteiger charge is -2.40. The van der Waals surface area contributed by atoms with Crippen LogP contribution < -0.4 is 10.3 Å². The lowest BCUT2D eigenvalue weighted by Crippen LogP contribution is -2.54. The van der Waals surface area contributed by atoms with Crippen molar-refractivity contribution in [3.8, 4) is 5.75 Å². The second-order valence-corrected chi connectivity index (χ2v) is 10.7. The average molecular weight is 533 g/mol. The number of likely N-dealkylation sites (tertiary alicyclic amines) is 2. The Morgan fingerprint density at radius 2 is 1.82 bits per heavy atom. The summed E-state index contributed by atoms with van der Waals surface area (Å²) in [5.74, 6) is -0.00189. The molecular formula is C29H36N6O4. The predicted molar refractivity (Wildman–Crippen MR) is 152 cm³/mol. The third-order valence-electron chi connectivity index (χ3n) is 8.10. The third kappa shape index (κ3) is 5.53. The van der Waals surface area contributed by atoms with E-state index in [1.54, 1.807) is 11.0 Å². The molecule has 10 nitrogen and oxygen atoms in total. The van der Waals surface area contributed by atoms with E-state index in [1.807, 2.05) is 49.1 Å². The van der Waals surface area contributed by atoms with Crippen LogP contribution in [0, 0.1) is 19.8 Å². The Morgan fingerprint density at radius 1 is 1.08 bits per heavy atom. The van der Waals surface area contributed by atoms with Crippen molar-refractivity contribution in [2.24, 2.45) is 16.0 Å². The van der Waals surface area contributed by atoms with Crippen LogP contribution in [0.4, 0.5) is 11.4 Å². The Hall–Kier alpha value is -3.76. The van der Waals surface area contributed by atoms with Gasteiger partial charge in [0.25, 0.3) is 0 Å². The number of rotatable bonds is 8. The number of amidine groups is 2. The normalized spacial score (nSPS) is 20.4. The van der Waals surface area contributed by atoms with E-state index in [1.165, 1.54) is 0 Å². The summed E-state index contributed by atoms with van der Waals surface area (Å²) in [6, 6.07) is 11.4. The van der Waals surface area contributed by atoms with Gasteiger partial charge in [-0.25, -0.2) is 4.99 Å². The topological polar surface area (TPSA) is 121 Å². The number of nitrogens with one attached hydrogen (secondary N) is 1. The fraction of sp³-hybridized carbons (Fsp3) is 0.448. The van der Waals surface area contributed by atoms with Gasteiger partial charge in [-0.15, -0.1) is 5.10 Å². The molecule has 1 amide bonds. The molecule has 3 aliphatic heterocycles. The van der Waals surface area contributed by atoms with E-state index in [0.717, 1.165) is 54.9 Å². The number of carbonyl (C=O) groups is 2. The van der Waals surface area contributed by atoms with Crippen molar-refractivity contribution in [2.45, 2.75) is 39.5 Å². The zero-order valence-electron chi connectivity index (χ0n) is 22.7. The molecule has 0 bridgehead atoms. The number of carbonyl (C=O) groups excluding carboxylic acids is 1. The number of hydrogen-bond acceptors (Lipinski definition) is 7. The van der Waals surface area contributed by atoms with Gasteiger partial charge < -0.3 is 15.1 Å². The number of piperidine rings is 1. The number of hydrogen-bond donors (Lipinski definition) is 3. The first-order valence-corrected chi connectivity index (χ1v) is 13.6. The summed E-state index contributed by atoms with van der Waals surface area (Å²) in [5.41, 5.74) is 7.13. The highest BCUT2D eigenvalue weighted by molar-refractivity contribution is 6.54. The number of hydrazone groups is 1. The molecule has 10 heteroatoms. The first-order chi connectivity index (χ1) is 18.7. The molecule has 3 N–H and O–H groups in total. The Balaban J connectivity index is 1.35. The van der Waals surface area contributed by atoms with Crippen molar-refractivity contribution in [3.63, 3.8) is 0 Å². The van der Waals surface area contributed by atoms with Gasteiger partial charge >= 0.3 is 11.9 Å². The standard InChI is InChI=1S/C29H36N6O4/c1-4-33-15-21(16-33)28-30-27(29(39)35(28)22-9-8-18(2)19(3)14-22)32-31-24-7-5-6-23(26(24)38)20-10-12-34(13-11-20)17-25(36)37/h5-9,14,20-21,31,38H,4,10-13,15-17H2,1-3H3,(H,36,37)/b32-27+. The van der Waals surface area contributed by atoms with E-state index >= 15 is 0 Å². The third-order valence-corrected chi connectivity index (χ3v) is 8.10. The smallest absolute Gasteiger partial charge is 0.317 e. The monoisotopic (exact) mass is 532 g/mol. The van der Waals surface area contributed by atoms with Crippen LogP contribution in [0.2, 0.25) is 0 Å². The zero-order valence-corrected chi connectivity index (χ0v) is 22.7. The molecule has 0 radical (unpaired) electrons. The van der Waals surface area contributed by atoms with Gasteiger partial charge in [0.15, 0.2) is 0 Å². The number of carboxylic acids is 1. The molecule has 0 unspecified atom stereocenters. The Labute approximate surface area is 228 Å². The van der Waals surface area contributed by atoms with Crippen molar-refractivity contribution >= 4 is 34.9 Å². The van der Waals surface area contributed by atoms with Crippen LogP contribution >= 0.6 is 0 Å². The number of anilines is 2. The molecule has 5 rings (SSSR count). The summed E-state index contributed by atoms with van der Waals surface area (Å²) in [6.45, 7) is 10.2. The molecule has 0 atom stereocenters. The first kappa shape index (κ1) is 26.8. The van der Waals surface area contributed by atoms with Crippen molar-refractivity contribution in [3.05, 3.63) is 53.1 Å². The molecule has 206 valence electrons. The second-order valence-electron chi connectivity index (χ2n) is 10.7. The lowest BCUT2D eigenvalue weighted by atomic mass is 9.88. The highest BCUT2D eigenvalue weighted by atomic mass is 16.4. The number of amides is 1. The van der Waals surface area contributed by atoms with Gasteiger partial charge in [-0.1, -0.05) is 25.1 Å². The van der Waals surface area contributed by atoms with Crippen molar-refractivity contribution < 1.29 is 19.8 Å². The summed E-state index contributed by atoms with van der Waals surface area (Å²) < 4.78 is 0. The van der Waals surface area contributed by atoms with Crippen LogP contribution in [-0.4, -0.2) is 82.8 Å². The Morgan fingerprint density at radius 3 is 2.49 bits per heavy atom.